The highest BCUT2D eigenvalue weighted by molar-refractivity contribution is 7.99. The van der Waals surface area contributed by atoms with Crippen molar-refractivity contribution in [3.63, 3.8) is 0 Å². The molecule has 1 heterocycles. The second kappa shape index (κ2) is 10.9. The smallest absolute Gasteiger partial charge is 0.260 e. The van der Waals surface area contributed by atoms with Gasteiger partial charge in [-0.2, -0.15) is 0 Å². The van der Waals surface area contributed by atoms with Crippen molar-refractivity contribution in [2.24, 2.45) is 0 Å². The molecule has 0 N–H and O–H groups in total. The van der Waals surface area contributed by atoms with Crippen LogP contribution >= 0.6 is 23.1 Å². The molecule has 30 heavy (non-hydrogen) atoms. The molecule has 0 saturated heterocycles. The van der Waals surface area contributed by atoms with Crippen LogP contribution in [0.2, 0.25) is 0 Å². The first-order chi connectivity index (χ1) is 14.6. The first kappa shape index (κ1) is 22.8. The predicted octanol–water partition coefficient (Wildman–Crippen LogP) is 5.96. The topological polar surface area (TPSA) is 36.4 Å². The number of carbonyl (C=O) groups excluding carboxylic acids is 1. The Morgan fingerprint density at radius 1 is 1.00 bits per heavy atom. The molecule has 0 spiro atoms. The second-order valence-corrected chi connectivity index (χ2v) is 9.40. The quantitative estimate of drug-likeness (QED) is 0.364. The van der Waals surface area contributed by atoms with Crippen LogP contribution in [0.3, 0.4) is 0 Å². The normalized spacial score (nSPS) is 11.4. The van der Waals surface area contributed by atoms with E-state index in [1.807, 2.05) is 29.2 Å². The van der Waals surface area contributed by atoms with Crippen LogP contribution in [0.4, 0.5) is 5.13 Å². The summed E-state index contributed by atoms with van der Waals surface area (Å²) >= 11 is 3.39. The second-order valence-electron chi connectivity index (χ2n) is 7.05. The molecular weight excluding hydrogens is 410 g/mol. The summed E-state index contributed by atoms with van der Waals surface area (Å²) in [6.07, 6.45) is 0.935. The van der Waals surface area contributed by atoms with Gasteiger partial charge in [-0.25, -0.2) is 4.98 Å². The standard InChI is InChI=1S/C24H31N3OS2/c1-5-18-10-9-11-21-22(18)25-24(30-21)27(17-16-26(6-2)7-3)23(28)19-12-14-20(15-13-19)29-8-4/h9-15H,5-8,16-17H2,1-4H3. The molecule has 4 nitrogen and oxygen atoms in total. The number of anilines is 1. The molecular formula is C24H31N3OS2. The number of fused-ring (bicyclic) bond motifs is 1. The summed E-state index contributed by atoms with van der Waals surface area (Å²) in [7, 11) is 0. The van der Waals surface area contributed by atoms with Crippen LogP contribution in [0, 0.1) is 0 Å². The molecule has 3 aromatic rings. The Kier molecular flexibility index (Phi) is 8.31. The van der Waals surface area contributed by atoms with Crippen molar-refractivity contribution >= 4 is 44.4 Å². The van der Waals surface area contributed by atoms with Gasteiger partial charge in [0.25, 0.3) is 5.91 Å². The molecule has 3 rings (SSSR count). The number of thiazole rings is 1. The molecule has 0 aliphatic rings. The van der Waals surface area contributed by atoms with Gasteiger partial charge in [-0.05, 0) is 61.2 Å². The number of hydrogen-bond donors (Lipinski definition) is 0. The lowest BCUT2D eigenvalue weighted by molar-refractivity contribution is 0.0983. The lowest BCUT2D eigenvalue weighted by Crippen LogP contribution is -2.38. The average molecular weight is 442 g/mol. The Labute approximate surface area is 188 Å². The van der Waals surface area contributed by atoms with E-state index in [1.54, 1.807) is 23.1 Å². The minimum atomic E-state index is 0.0207. The van der Waals surface area contributed by atoms with Crippen LogP contribution in [0.5, 0.6) is 0 Å². The molecule has 0 radical (unpaired) electrons. The van der Waals surface area contributed by atoms with E-state index in [1.165, 1.54) is 10.5 Å². The predicted molar refractivity (Wildman–Crippen MR) is 131 cm³/mol. The average Bonchev–Trinajstić information content (AvgIpc) is 3.21. The maximum Gasteiger partial charge on any atom is 0.260 e. The van der Waals surface area contributed by atoms with Crippen molar-refractivity contribution in [3.8, 4) is 0 Å². The van der Waals surface area contributed by atoms with E-state index in [0.29, 0.717) is 12.1 Å². The van der Waals surface area contributed by atoms with Crippen LogP contribution in [-0.4, -0.2) is 47.7 Å². The zero-order valence-corrected chi connectivity index (χ0v) is 20.0. The van der Waals surface area contributed by atoms with E-state index >= 15 is 0 Å². The van der Waals surface area contributed by atoms with Gasteiger partial charge in [0.1, 0.15) is 0 Å². The summed E-state index contributed by atoms with van der Waals surface area (Å²) in [5, 5.41) is 0.787. The number of aromatic nitrogens is 1. The van der Waals surface area contributed by atoms with Crippen molar-refractivity contribution in [3.05, 3.63) is 53.6 Å². The number of rotatable bonds is 10. The van der Waals surface area contributed by atoms with Crippen molar-refractivity contribution in [2.45, 2.75) is 39.0 Å². The Balaban J connectivity index is 1.94. The minimum Gasteiger partial charge on any atom is -0.302 e. The minimum absolute atomic E-state index is 0.0207. The van der Waals surface area contributed by atoms with E-state index in [9.17, 15) is 4.79 Å². The van der Waals surface area contributed by atoms with Gasteiger partial charge in [0.05, 0.1) is 10.2 Å². The third kappa shape index (κ3) is 5.23. The molecule has 2 aromatic carbocycles. The molecule has 0 unspecified atom stereocenters. The fourth-order valence-electron chi connectivity index (χ4n) is 3.48. The molecule has 0 atom stereocenters. The molecule has 0 aliphatic heterocycles. The van der Waals surface area contributed by atoms with Gasteiger partial charge in [-0.1, -0.05) is 51.2 Å². The molecule has 0 bridgehead atoms. The van der Waals surface area contributed by atoms with Gasteiger partial charge in [-0.15, -0.1) is 11.8 Å². The first-order valence-corrected chi connectivity index (χ1v) is 12.6. The van der Waals surface area contributed by atoms with Crippen LogP contribution < -0.4 is 4.90 Å². The number of nitrogens with zero attached hydrogens (tertiary/aromatic N) is 3. The third-order valence-electron chi connectivity index (χ3n) is 5.29. The molecule has 0 aliphatic carbocycles. The Morgan fingerprint density at radius 3 is 2.37 bits per heavy atom. The van der Waals surface area contributed by atoms with E-state index in [0.717, 1.165) is 47.2 Å². The lowest BCUT2D eigenvalue weighted by atomic mass is 10.1. The van der Waals surface area contributed by atoms with Crippen molar-refractivity contribution in [1.82, 2.24) is 9.88 Å². The summed E-state index contributed by atoms with van der Waals surface area (Å²) in [6.45, 7) is 12.0. The van der Waals surface area contributed by atoms with Crippen LogP contribution in [-0.2, 0) is 6.42 Å². The fraction of sp³-hybridized carbons (Fsp3) is 0.417. The molecule has 6 heteroatoms. The number of aryl methyl sites for hydroxylation is 1. The number of hydrogen-bond acceptors (Lipinski definition) is 5. The number of benzene rings is 2. The van der Waals surface area contributed by atoms with Gasteiger partial charge in [0.2, 0.25) is 0 Å². The molecule has 160 valence electrons. The maximum atomic E-state index is 13.5. The highest BCUT2D eigenvalue weighted by Gasteiger charge is 2.22. The van der Waals surface area contributed by atoms with Crippen molar-refractivity contribution < 1.29 is 4.79 Å². The van der Waals surface area contributed by atoms with Crippen molar-refractivity contribution in [1.29, 1.82) is 0 Å². The monoisotopic (exact) mass is 441 g/mol. The van der Waals surface area contributed by atoms with Gasteiger partial charge in [-0.3, -0.25) is 9.69 Å². The highest BCUT2D eigenvalue weighted by atomic mass is 32.2. The van der Waals surface area contributed by atoms with Gasteiger partial charge in [0, 0.05) is 23.5 Å². The summed E-state index contributed by atoms with van der Waals surface area (Å²) in [4.78, 5) is 23.8. The molecule has 0 fully saturated rings. The summed E-state index contributed by atoms with van der Waals surface area (Å²) < 4.78 is 1.14. The number of carbonyl (C=O) groups is 1. The maximum absolute atomic E-state index is 13.5. The van der Waals surface area contributed by atoms with Crippen molar-refractivity contribution in [2.75, 3.05) is 36.8 Å². The summed E-state index contributed by atoms with van der Waals surface area (Å²) in [5.41, 5.74) is 2.97. The lowest BCUT2D eigenvalue weighted by Gasteiger charge is -2.24. The number of amides is 1. The third-order valence-corrected chi connectivity index (χ3v) is 7.23. The summed E-state index contributed by atoms with van der Waals surface area (Å²) in [5.74, 6) is 1.04. The van der Waals surface area contributed by atoms with Gasteiger partial charge >= 0.3 is 0 Å². The zero-order chi connectivity index (χ0) is 21.5. The number of likely N-dealkylation sites (N-methyl/N-ethyl adjacent to an activating group) is 1. The van der Waals surface area contributed by atoms with Gasteiger partial charge in [0.15, 0.2) is 5.13 Å². The van der Waals surface area contributed by atoms with Crippen LogP contribution in [0.15, 0.2) is 47.4 Å². The Morgan fingerprint density at radius 2 is 1.73 bits per heavy atom. The van der Waals surface area contributed by atoms with E-state index in [-0.39, 0.29) is 5.91 Å². The Hall–Kier alpha value is -1.89. The summed E-state index contributed by atoms with van der Waals surface area (Å²) in [6, 6.07) is 14.3. The number of para-hydroxylation sites is 1. The van der Waals surface area contributed by atoms with Crippen LogP contribution in [0.1, 0.15) is 43.6 Å². The van der Waals surface area contributed by atoms with Gasteiger partial charge < -0.3 is 4.90 Å². The molecule has 0 saturated carbocycles. The SMILES string of the molecule is CCSc1ccc(C(=O)N(CCN(CC)CC)c2nc3c(CC)cccc3s2)cc1. The largest absolute Gasteiger partial charge is 0.302 e. The Bertz CT molecular complexity index is 964. The number of thioether (sulfide) groups is 1. The molecule has 1 amide bonds. The van der Waals surface area contributed by atoms with E-state index in [2.05, 4.69) is 50.8 Å². The zero-order valence-electron chi connectivity index (χ0n) is 18.4. The van der Waals surface area contributed by atoms with Crippen LogP contribution in [0.25, 0.3) is 10.2 Å². The first-order valence-electron chi connectivity index (χ1n) is 10.8. The molecule has 1 aromatic heterocycles. The van der Waals surface area contributed by atoms with E-state index in [4.69, 9.17) is 4.98 Å². The van der Waals surface area contributed by atoms with E-state index < -0.39 is 0 Å². The fourth-order valence-corrected chi connectivity index (χ4v) is 5.18. The highest BCUT2D eigenvalue weighted by Crippen LogP contribution is 2.32.